The van der Waals surface area contributed by atoms with Crippen molar-refractivity contribution < 1.29 is 13.8 Å². The highest BCUT2D eigenvalue weighted by atomic mass is 19.1. The molecule has 0 aliphatic carbocycles. The number of aromatic nitrogens is 3. The van der Waals surface area contributed by atoms with E-state index in [0.717, 1.165) is 60.0 Å². The number of hydrogen-bond donors (Lipinski definition) is 3. The Kier molecular flexibility index (Phi) is 7.98. The first-order valence-electron chi connectivity index (χ1n) is 12.8. The molecule has 1 saturated heterocycles. The van der Waals surface area contributed by atoms with Crippen molar-refractivity contribution in [2.45, 2.75) is 25.4 Å². The molecule has 3 heterocycles. The van der Waals surface area contributed by atoms with Gasteiger partial charge in [-0.05, 0) is 35.9 Å². The zero-order valence-corrected chi connectivity index (χ0v) is 21.3. The number of allylic oxidation sites excluding steroid dienone is 1. The maximum Gasteiger partial charge on any atom is 0.267 e. The fourth-order valence-electron chi connectivity index (χ4n) is 4.58. The van der Waals surface area contributed by atoms with Gasteiger partial charge in [0.15, 0.2) is 12.3 Å². The molecule has 39 heavy (non-hydrogen) atoms. The summed E-state index contributed by atoms with van der Waals surface area (Å²) < 4.78 is 28.7. The summed E-state index contributed by atoms with van der Waals surface area (Å²) >= 11 is 0. The Morgan fingerprint density at radius 1 is 1.00 bits per heavy atom. The average Bonchev–Trinajstić information content (AvgIpc) is 2.95. The fourth-order valence-corrected chi connectivity index (χ4v) is 4.58. The predicted octanol–water partition coefficient (Wildman–Crippen LogP) is 2.50. The smallest absolute Gasteiger partial charge is 0.267 e. The third-order valence-corrected chi connectivity index (χ3v) is 6.67. The van der Waals surface area contributed by atoms with Crippen LogP contribution >= 0.6 is 0 Å². The molecule has 9 heteroatoms. The molecule has 0 spiro atoms. The van der Waals surface area contributed by atoms with E-state index < -0.39 is 11.6 Å². The Bertz CT molecular complexity index is 1550. The fraction of sp³-hybridized carbons (Fsp3) is 0.200. The summed E-state index contributed by atoms with van der Waals surface area (Å²) in [6.45, 7) is 2.20. The topological polar surface area (TPSA) is 99.8 Å². The Balaban J connectivity index is 1.33. The van der Waals surface area contributed by atoms with E-state index in [2.05, 4.69) is 20.4 Å². The lowest BCUT2D eigenvalue weighted by atomic mass is 10.0. The van der Waals surface area contributed by atoms with Gasteiger partial charge in [-0.1, -0.05) is 24.3 Å². The zero-order valence-electron chi connectivity index (χ0n) is 21.3. The van der Waals surface area contributed by atoms with Gasteiger partial charge >= 0.3 is 0 Å². The van der Waals surface area contributed by atoms with Crippen molar-refractivity contribution in [2.24, 2.45) is 5.73 Å². The molecule has 7 nitrogen and oxygen atoms in total. The quantitative estimate of drug-likeness (QED) is 0.321. The van der Waals surface area contributed by atoms with Crippen molar-refractivity contribution in [3.8, 4) is 22.5 Å². The van der Waals surface area contributed by atoms with Gasteiger partial charge in [0, 0.05) is 67.2 Å². The van der Waals surface area contributed by atoms with Gasteiger partial charge in [0.25, 0.3) is 5.56 Å². The molecule has 2 aromatic heterocycles. The van der Waals surface area contributed by atoms with Crippen LogP contribution in [-0.2, 0) is 6.54 Å². The van der Waals surface area contributed by atoms with Crippen LogP contribution < -0.4 is 21.6 Å². The number of pyridine rings is 1. The summed E-state index contributed by atoms with van der Waals surface area (Å²) in [7, 11) is 0. The highest BCUT2D eigenvalue weighted by molar-refractivity contribution is 6.06. The molecular weight excluding hydrogens is 498 g/mol. The molecule has 5 rings (SSSR count). The monoisotopic (exact) mass is 527 g/mol. The van der Waals surface area contributed by atoms with E-state index in [1.165, 1.54) is 28.9 Å². The maximum atomic E-state index is 13.7. The summed E-state index contributed by atoms with van der Waals surface area (Å²) in [5, 5.41) is 7.69. The first-order valence-corrected chi connectivity index (χ1v) is 12.8. The summed E-state index contributed by atoms with van der Waals surface area (Å²) in [5.41, 5.74) is 10.4. The van der Waals surface area contributed by atoms with Gasteiger partial charge in [0.05, 0.1) is 23.5 Å². The van der Waals surface area contributed by atoms with Crippen LogP contribution in [0.3, 0.4) is 0 Å². The summed E-state index contributed by atoms with van der Waals surface area (Å²) in [4.78, 5) is 20.6. The minimum atomic E-state index is -0.708. The molecule has 0 atom stereocenters. The first kappa shape index (κ1) is 26.1. The third-order valence-electron chi connectivity index (χ3n) is 6.67. The molecule has 1 aliphatic rings. The van der Waals surface area contributed by atoms with Crippen LogP contribution in [0.5, 0.6) is 0 Å². The number of hydrogen-bond acceptors (Lipinski definition) is 5. The molecule has 0 unspecified atom stereocenters. The van der Waals surface area contributed by atoms with Crippen molar-refractivity contribution in [1.29, 1.82) is 0 Å². The SMILES string of the molecule is NC=C(C=[NH+]C1CCNCC1)c1ccc(-c2cccc(Cn3nc(-c4cc(F)cc(F)c4)ccc3=O)c2)nc1. The largest absolute Gasteiger partial charge is 0.404 e. The van der Waals surface area contributed by atoms with Gasteiger partial charge in [0.1, 0.15) is 11.6 Å². The molecule has 1 aliphatic heterocycles. The normalized spacial score (nSPS) is 14.7. The minimum absolute atomic E-state index is 0.188. The number of rotatable bonds is 7. The van der Waals surface area contributed by atoms with Crippen molar-refractivity contribution in [2.75, 3.05) is 13.1 Å². The Morgan fingerprint density at radius 3 is 2.49 bits per heavy atom. The molecule has 4 N–H and O–H groups in total. The van der Waals surface area contributed by atoms with Crippen LogP contribution in [0.25, 0.3) is 28.1 Å². The molecular formula is C30H29F2N6O+. The molecule has 198 valence electrons. The lowest BCUT2D eigenvalue weighted by Gasteiger charge is -2.14. The standard InChI is InChI=1S/C30H28F2N6O/c31-25-13-23(14-26(32)15-25)29-6-7-30(39)38(37-29)19-20-2-1-3-21(12-20)28-5-4-22(17-36-28)24(16-33)18-35-27-8-10-34-11-9-27/h1-7,12-18,27,34H,8-11,19,33H2/p+1. The van der Waals surface area contributed by atoms with E-state index in [1.54, 1.807) is 12.4 Å². The molecule has 0 radical (unpaired) electrons. The molecule has 0 amide bonds. The first-order chi connectivity index (χ1) is 19.0. The second-order valence-electron chi connectivity index (χ2n) is 9.46. The molecule has 4 aromatic rings. The second kappa shape index (κ2) is 11.9. The van der Waals surface area contributed by atoms with Crippen LogP contribution in [0.2, 0.25) is 0 Å². The van der Waals surface area contributed by atoms with E-state index in [9.17, 15) is 13.6 Å². The minimum Gasteiger partial charge on any atom is -0.404 e. The van der Waals surface area contributed by atoms with Crippen molar-refractivity contribution >= 4 is 11.8 Å². The molecule has 2 aromatic carbocycles. The van der Waals surface area contributed by atoms with Crippen LogP contribution in [-0.4, -0.2) is 40.1 Å². The van der Waals surface area contributed by atoms with Crippen LogP contribution in [0.1, 0.15) is 24.0 Å². The summed E-state index contributed by atoms with van der Waals surface area (Å²) in [6, 6.07) is 17.9. The molecule has 0 saturated carbocycles. The number of nitrogens with one attached hydrogen (secondary N) is 2. The number of nitrogens with zero attached hydrogens (tertiary/aromatic N) is 3. The second-order valence-corrected chi connectivity index (χ2v) is 9.46. The maximum absolute atomic E-state index is 13.7. The average molecular weight is 528 g/mol. The predicted molar refractivity (Wildman–Crippen MR) is 148 cm³/mol. The van der Waals surface area contributed by atoms with Gasteiger partial charge in [0.2, 0.25) is 0 Å². The lowest BCUT2D eigenvalue weighted by Crippen LogP contribution is -2.78. The van der Waals surface area contributed by atoms with Gasteiger partial charge in [-0.2, -0.15) is 5.10 Å². The lowest BCUT2D eigenvalue weighted by molar-refractivity contribution is -0.500. The third kappa shape index (κ3) is 6.50. The van der Waals surface area contributed by atoms with Gasteiger partial charge < -0.3 is 11.1 Å². The van der Waals surface area contributed by atoms with Gasteiger partial charge in [-0.3, -0.25) is 9.78 Å². The van der Waals surface area contributed by atoms with Crippen LogP contribution in [0.4, 0.5) is 8.78 Å². The number of piperidine rings is 1. The van der Waals surface area contributed by atoms with E-state index in [0.29, 0.717) is 11.7 Å². The van der Waals surface area contributed by atoms with E-state index >= 15 is 0 Å². The summed E-state index contributed by atoms with van der Waals surface area (Å²) in [6.07, 6.45) is 7.44. The number of nitrogens with two attached hydrogens (primary N) is 1. The van der Waals surface area contributed by atoms with E-state index in [1.807, 2.05) is 42.6 Å². The van der Waals surface area contributed by atoms with Crippen LogP contribution in [0, 0.1) is 11.6 Å². The zero-order chi connectivity index (χ0) is 27.2. The number of benzene rings is 2. The Labute approximate surface area is 224 Å². The Morgan fingerprint density at radius 2 is 1.77 bits per heavy atom. The number of halogens is 2. The highest BCUT2D eigenvalue weighted by Crippen LogP contribution is 2.22. The molecule has 0 bridgehead atoms. The van der Waals surface area contributed by atoms with E-state index in [-0.39, 0.29) is 17.7 Å². The van der Waals surface area contributed by atoms with E-state index in [4.69, 9.17) is 5.73 Å². The van der Waals surface area contributed by atoms with Crippen molar-refractivity contribution in [1.82, 2.24) is 20.1 Å². The van der Waals surface area contributed by atoms with Crippen LogP contribution in [0.15, 0.2) is 83.9 Å². The van der Waals surface area contributed by atoms with Gasteiger partial charge in [-0.15, -0.1) is 0 Å². The highest BCUT2D eigenvalue weighted by Gasteiger charge is 2.16. The molecule has 1 fully saturated rings. The summed E-state index contributed by atoms with van der Waals surface area (Å²) in [5.74, 6) is -1.42. The van der Waals surface area contributed by atoms with Crippen molar-refractivity contribution in [3.05, 3.63) is 112 Å². The van der Waals surface area contributed by atoms with Gasteiger partial charge in [-0.25, -0.2) is 18.5 Å². The Hall–Kier alpha value is -4.50. The van der Waals surface area contributed by atoms with Crippen molar-refractivity contribution in [3.63, 3.8) is 0 Å².